The molecule has 1 aromatic heterocycles. The molecule has 0 bridgehead atoms. The zero-order valence-electron chi connectivity index (χ0n) is 18.7. The van der Waals surface area contributed by atoms with Crippen LogP contribution in [0.15, 0.2) is 36.5 Å². The number of likely N-dealkylation sites (N-methyl/N-ethyl adjacent to an activating group) is 1. The maximum absolute atomic E-state index is 13.0. The number of anilines is 1. The average Bonchev–Trinajstić information content (AvgIpc) is 3.48. The number of carbonyl (C=O) groups is 3. The van der Waals surface area contributed by atoms with E-state index in [0.29, 0.717) is 42.4 Å². The number of carbonyl (C=O) groups excluding carboxylic acids is 3. The van der Waals surface area contributed by atoms with Crippen molar-refractivity contribution < 1.29 is 23.9 Å². The molecule has 172 valence electrons. The van der Waals surface area contributed by atoms with E-state index in [4.69, 9.17) is 9.47 Å². The van der Waals surface area contributed by atoms with E-state index in [2.05, 4.69) is 4.98 Å². The molecule has 2 aliphatic heterocycles. The molecule has 1 aliphatic carbocycles. The third kappa shape index (κ3) is 4.35. The van der Waals surface area contributed by atoms with Gasteiger partial charge in [-0.25, -0.2) is 4.98 Å². The molecule has 2 aromatic rings. The third-order valence-corrected chi connectivity index (χ3v) is 6.06. The second-order valence-electron chi connectivity index (χ2n) is 8.83. The minimum absolute atomic E-state index is 0.0347. The van der Waals surface area contributed by atoms with Gasteiger partial charge in [0.1, 0.15) is 18.4 Å². The van der Waals surface area contributed by atoms with Crippen LogP contribution in [-0.4, -0.2) is 71.9 Å². The predicted molar refractivity (Wildman–Crippen MR) is 119 cm³/mol. The number of benzene rings is 1. The molecular weight excluding hydrogens is 424 g/mol. The monoisotopic (exact) mass is 450 g/mol. The van der Waals surface area contributed by atoms with Crippen molar-refractivity contribution in [1.29, 1.82) is 0 Å². The first kappa shape index (κ1) is 21.2. The summed E-state index contributed by atoms with van der Waals surface area (Å²) >= 11 is 0. The lowest BCUT2D eigenvalue weighted by Crippen LogP contribution is -2.36. The Morgan fingerprint density at radius 3 is 2.64 bits per heavy atom. The highest BCUT2D eigenvalue weighted by Gasteiger charge is 2.36. The molecule has 1 saturated carbocycles. The standard InChI is InChI=1S/C24H26N4O5/c1-26(2)22(29)14-27-13-15-3-4-16(11-19(15)23(27)30)28-10-9-20(24(28)31)32-18-7-8-21(25-12-18)33-17-5-6-17/h3-4,7-8,11-12,17,20H,5-6,9-10,13-14H2,1-2H3. The van der Waals surface area contributed by atoms with E-state index >= 15 is 0 Å². The Bertz CT molecular complexity index is 1100. The maximum atomic E-state index is 13.0. The molecule has 0 radical (unpaired) electrons. The van der Waals surface area contributed by atoms with Crippen molar-refractivity contribution in [1.82, 2.24) is 14.8 Å². The maximum Gasteiger partial charge on any atom is 0.268 e. The van der Waals surface area contributed by atoms with Crippen LogP contribution in [-0.2, 0) is 16.1 Å². The second-order valence-corrected chi connectivity index (χ2v) is 8.83. The van der Waals surface area contributed by atoms with Gasteiger partial charge in [-0.15, -0.1) is 0 Å². The summed E-state index contributed by atoms with van der Waals surface area (Å²) in [4.78, 5) is 46.7. The molecule has 3 heterocycles. The summed E-state index contributed by atoms with van der Waals surface area (Å²) < 4.78 is 11.5. The van der Waals surface area contributed by atoms with E-state index in [9.17, 15) is 14.4 Å². The van der Waals surface area contributed by atoms with Gasteiger partial charge in [-0.05, 0) is 36.6 Å². The number of fused-ring (bicyclic) bond motifs is 1. The van der Waals surface area contributed by atoms with Crippen LogP contribution >= 0.6 is 0 Å². The van der Waals surface area contributed by atoms with Gasteiger partial charge in [-0.2, -0.15) is 0 Å². The lowest BCUT2D eigenvalue weighted by Gasteiger charge is -2.18. The van der Waals surface area contributed by atoms with Gasteiger partial charge < -0.3 is 24.2 Å². The van der Waals surface area contributed by atoms with E-state index in [1.165, 1.54) is 9.80 Å². The fourth-order valence-electron chi connectivity index (χ4n) is 4.00. The summed E-state index contributed by atoms with van der Waals surface area (Å²) in [6, 6.07) is 8.95. The average molecular weight is 450 g/mol. The predicted octanol–water partition coefficient (Wildman–Crippen LogP) is 1.85. The first-order valence-corrected chi connectivity index (χ1v) is 11.1. The Morgan fingerprint density at radius 1 is 1.12 bits per heavy atom. The van der Waals surface area contributed by atoms with E-state index in [1.54, 1.807) is 43.4 Å². The number of nitrogens with zero attached hydrogens (tertiary/aromatic N) is 4. The van der Waals surface area contributed by atoms with Crippen LogP contribution in [0, 0.1) is 0 Å². The quantitative estimate of drug-likeness (QED) is 0.639. The summed E-state index contributed by atoms with van der Waals surface area (Å²) in [6.07, 6.45) is 3.90. The highest BCUT2D eigenvalue weighted by atomic mass is 16.5. The van der Waals surface area contributed by atoms with Gasteiger partial charge in [0.2, 0.25) is 11.8 Å². The molecule has 3 amide bonds. The van der Waals surface area contributed by atoms with Gasteiger partial charge in [-0.1, -0.05) is 6.07 Å². The molecule has 33 heavy (non-hydrogen) atoms. The van der Waals surface area contributed by atoms with Crippen LogP contribution in [0.5, 0.6) is 11.6 Å². The van der Waals surface area contributed by atoms with Crippen molar-refractivity contribution in [3.8, 4) is 11.6 Å². The first-order valence-electron chi connectivity index (χ1n) is 11.1. The Kier molecular flexibility index (Phi) is 5.39. The Balaban J connectivity index is 1.24. The number of hydrogen-bond donors (Lipinski definition) is 0. The molecule has 9 nitrogen and oxygen atoms in total. The van der Waals surface area contributed by atoms with Crippen LogP contribution in [0.25, 0.3) is 0 Å². The van der Waals surface area contributed by atoms with Crippen molar-refractivity contribution in [3.05, 3.63) is 47.7 Å². The van der Waals surface area contributed by atoms with Crippen LogP contribution < -0.4 is 14.4 Å². The molecule has 0 spiro atoms. The normalized spacial score (nSPS) is 19.6. The molecule has 0 N–H and O–H groups in total. The number of ether oxygens (including phenoxy) is 2. The number of rotatable bonds is 7. The van der Waals surface area contributed by atoms with Crippen LogP contribution in [0.2, 0.25) is 0 Å². The topological polar surface area (TPSA) is 92.3 Å². The van der Waals surface area contributed by atoms with Crippen molar-refractivity contribution in [2.45, 2.75) is 38.0 Å². The molecule has 9 heteroatoms. The number of amides is 3. The molecule has 2 fully saturated rings. The Labute approximate surface area is 191 Å². The van der Waals surface area contributed by atoms with Crippen LogP contribution in [0.3, 0.4) is 0 Å². The summed E-state index contributed by atoms with van der Waals surface area (Å²) in [5, 5.41) is 0. The number of pyridine rings is 1. The summed E-state index contributed by atoms with van der Waals surface area (Å²) in [5.74, 6) is 0.601. The molecule has 5 rings (SSSR count). The number of aromatic nitrogens is 1. The minimum atomic E-state index is -0.611. The van der Waals surface area contributed by atoms with Gasteiger partial charge in [0.05, 0.1) is 6.20 Å². The van der Waals surface area contributed by atoms with Crippen molar-refractivity contribution >= 4 is 23.4 Å². The zero-order valence-corrected chi connectivity index (χ0v) is 18.7. The SMILES string of the molecule is CN(C)C(=O)CN1Cc2ccc(N3CCC(Oc4ccc(OC5CC5)nc4)C3=O)cc2C1=O. The Morgan fingerprint density at radius 2 is 1.94 bits per heavy atom. The van der Waals surface area contributed by atoms with Crippen LogP contribution in [0.1, 0.15) is 35.2 Å². The lowest BCUT2D eigenvalue weighted by molar-refractivity contribution is -0.129. The molecule has 1 saturated heterocycles. The molecular formula is C24H26N4O5. The van der Waals surface area contributed by atoms with Crippen molar-refractivity contribution in [2.24, 2.45) is 0 Å². The molecule has 1 atom stereocenters. The van der Waals surface area contributed by atoms with Crippen LogP contribution in [0.4, 0.5) is 5.69 Å². The highest BCUT2D eigenvalue weighted by molar-refractivity contribution is 6.03. The fraction of sp³-hybridized carbons (Fsp3) is 0.417. The summed E-state index contributed by atoms with van der Waals surface area (Å²) in [6.45, 7) is 0.920. The fourth-order valence-corrected chi connectivity index (χ4v) is 4.00. The van der Waals surface area contributed by atoms with E-state index in [0.717, 1.165) is 18.4 Å². The second kappa shape index (κ2) is 8.38. The lowest BCUT2D eigenvalue weighted by atomic mass is 10.1. The zero-order chi connectivity index (χ0) is 23.1. The number of hydrogen-bond acceptors (Lipinski definition) is 6. The first-order chi connectivity index (χ1) is 15.9. The van der Waals surface area contributed by atoms with E-state index < -0.39 is 6.10 Å². The van der Waals surface area contributed by atoms with Gasteiger partial charge in [0.15, 0.2) is 6.10 Å². The highest BCUT2D eigenvalue weighted by Crippen LogP contribution is 2.31. The largest absolute Gasteiger partial charge is 0.479 e. The molecule has 3 aliphatic rings. The van der Waals surface area contributed by atoms with Crippen molar-refractivity contribution in [3.63, 3.8) is 0 Å². The summed E-state index contributed by atoms with van der Waals surface area (Å²) in [5.41, 5.74) is 2.05. The molecule has 1 aromatic carbocycles. The van der Waals surface area contributed by atoms with Gasteiger partial charge >= 0.3 is 0 Å². The van der Waals surface area contributed by atoms with Gasteiger partial charge in [0, 0.05) is 50.9 Å². The van der Waals surface area contributed by atoms with E-state index in [-0.39, 0.29) is 30.4 Å². The van der Waals surface area contributed by atoms with Crippen molar-refractivity contribution in [2.75, 3.05) is 32.1 Å². The minimum Gasteiger partial charge on any atom is -0.479 e. The smallest absolute Gasteiger partial charge is 0.268 e. The van der Waals surface area contributed by atoms with E-state index in [1.807, 2.05) is 12.1 Å². The molecule has 1 unspecified atom stereocenters. The summed E-state index contributed by atoms with van der Waals surface area (Å²) in [7, 11) is 3.33. The third-order valence-electron chi connectivity index (χ3n) is 6.06. The Hall–Kier alpha value is -3.62. The van der Waals surface area contributed by atoms with Gasteiger partial charge in [-0.3, -0.25) is 14.4 Å². The van der Waals surface area contributed by atoms with Gasteiger partial charge in [0.25, 0.3) is 11.8 Å².